The molecule has 1 aromatic rings. The summed E-state index contributed by atoms with van der Waals surface area (Å²) in [5, 5.41) is 2.79. The van der Waals surface area contributed by atoms with E-state index in [1.54, 1.807) is 7.11 Å². The Morgan fingerprint density at radius 1 is 1.40 bits per heavy atom. The van der Waals surface area contributed by atoms with Gasteiger partial charge in [0.05, 0.1) is 12.8 Å². The first-order valence-corrected chi connectivity index (χ1v) is 6.37. The molecule has 0 bridgehead atoms. The number of ether oxygens (including phenoxy) is 2. The van der Waals surface area contributed by atoms with Gasteiger partial charge in [0, 0.05) is 20.2 Å². The molecule has 1 aromatic carbocycles. The number of hydrogen-bond donors (Lipinski definition) is 2. The summed E-state index contributed by atoms with van der Waals surface area (Å²) in [5.74, 6) is 0.322. The van der Waals surface area contributed by atoms with Crippen LogP contribution in [-0.4, -0.2) is 51.8 Å². The monoisotopic (exact) mass is 281 g/mol. The van der Waals surface area contributed by atoms with Crippen LogP contribution in [0.1, 0.15) is 5.56 Å². The molecular weight excluding hydrogens is 258 g/mol. The minimum atomic E-state index is -0.669. The van der Waals surface area contributed by atoms with Crippen LogP contribution in [0, 0.1) is 0 Å². The van der Waals surface area contributed by atoms with Crippen molar-refractivity contribution in [2.75, 3.05) is 40.2 Å². The third-order valence-corrected chi connectivity index (χ3v) is 2.81. The fourth-order valence-corrected chi connectivity index (χ4v) is 1.84. The van der Waals surface area contributed by atoms with Crippen molar-refractivity contribution in [3.63, 3.8) is 0 Å². The number of amides is 1. The molecule has 0 aromatic heterocycles. The lowest BCUT2D eigenvalue weighted by atomic mass is 10.1. The number of carbonyl (C=O) groups is 1. The quantitative estimate of drug-likeness (QED) is 0.768. The summed E-state index contributed by atoms with van der Waals surface area (Å²) in [4.78, 5) is 14.0. The predicted molar refractivity (Wildman–Crippen MR) is 78.9 cm³/mol. The van der Waals surface area contributed by atoms with Crippen molar-refractivity contribution in [1.82, 2.24) is 4.90 Å². The van der Waals surface area contributed by atoms with Gasteiger partial charge in [0.25, 0.3) is 5.91 Å². The lowest BCUT2D eigenvalue weighted by molar-refractivity contribution is -0.125. The number of anilines is 1. The van der Waals surface area contributed by atoms with Crippen molar-refractivity contribution < 1.29 is 14.3 Å². The number of carbonyl (C=O) groups excluding carboxylic acids is 1. The van der Waals surface area contributed by atoms with Gasteiger partial charge in [-0.25, -0.2) is 0 Å². The van der Waals surface area contributed by atoms with E-state index in [1.165, 1.54) is 7.11 Å². The third-order valence-electron chi connectivity index (χ3n) is 2.81. The highest BCUT2D eigenvalue weighted by atomic mass is 16.5. The van der Waals surface area contributed by atoms with Crippen LogP contribution in [0.25, 0.3) is 0 Å². The van der Waals surface area contributed by atoms with Gasteiger partial charge < -0.3 is 25.4 Å². The van der Waals surface area contributed by atoms with Crippen LogP contribution in [0.5, 0.6) is 5.75 Å². The Labute approximate surface area is 119 Å². The molecule has 1 unspecified atom stereocenters. The second kappa shape index (κ2) is 7.84. The minimum Gasteiger partial charge on any atom is -0.495 e. The van der Waals surface area contributed by atoms with Crippen molar-refractivity contribution in [2.24, 2.45) is 5.73 Å². The van der Waals surface area contributed by atoms with Crippen molar-refractivity contribution in [2.45, 2.75) is 12.6 Å². The van der Waals surface area contributed by atoms with Crippen LogP contribution >= 0.6 is 0 Å². The number of benzene rings is 1. The zero-order chi connectivity index (χ0) is 15.1. The Balaban J connectivity index is 2.93. The number of nitrogens with zero attached hydrogens (tertiary/aromatic N) is 1. The van der Waals surface area contributed by atoms with Crippen LogP contribution in [-0.2, 0) is 16.1 Å². The summed E-state index contributed by atoms with van der Waals surface area (Å²) in [6.45, 7) is 0.902. The van der Waals surface area contributed by atoms with E-state index in [1.807, 2.05) is 37.2 Å². The molecule has 112 valence electrons. The Morgan fingerprint density at radius 2 is 2.10 bits per heavy atom. The van der Waals surface area contributed by atoms with E-state index in [0.29, 0.717) is 11.4 Å². The maximum absolute atomic E-state index is 12.0. The van der Waals surface area contributed by atoms with Crippen molar-refractivity contribution >= 4 is 11.6 Å². The third kappa shape index (κ3) is 4.48. The number of nitrogens with one attached hydrogen (secondary N) is 1. The van der Waals surface area contributed by atoms with Gasteiger partial charge in [-0.1, -0.05) is 6.07 Å². The summed E-state index contributed by atoms with van der Waals surface area (Å²) < 4.78 is 10.3. The first-order chi connectivity index (χ1) is 9.51. The summed E-state index contributed by atoms with van der Waals surface area (Å²) in [7, 11) is 6.99. The van der Waals surface area contributed by atoms with Gasteiger partial charge in [-0.15, -0.1) is 0 Å². The first-order valence-electron chi connectivity index (χ1n) is 6.37. The Bertz CT molecular complexity index is 445. The number of methoxy groups -OCH3 is 2. The largest absolute Gasteiger partial charge is 0.495 e. The first kappa shape index (κ1) is 16.4. The molecule has 0 aliphatic heterocycles. The molecule has 6 nitrogen and oxygen atoms in total. The van der Waals surface area contributed by atoms with Crippen molar-refractivity contribution in [3.8, 4) is 5.75 Å². The lowest BCUT2D eigenvalue weighted by Crippen LogP contribution is -2.36. The maximum Gasteiger partial charge on any atom is 0.254 e. The van der Waals surface area contributed by atoms with E-state index in [4.69, 9.17) is 15.2 Å². The van der Waals surface area contributed by atoms with Crippen LogP contribution in [0.4, 0.5) is 5.69 Å². The summed E-state index contributed by atoms with van der Waals surface area (Å²) in [5.41, 5.74) is 7.18. The van der Waals surface area contributed by atoms with E-state index in [9.17, 15) is 4.79 Å². The van der Waals surface area contributed by atoms with Crippen LogP contribution < -0.4 is 15.8 Å². The molecule has 1 rings (SSSR count). The Morgan fingerprint density at radius 3 is 2.60 bits per heavy atom. The second-order valence-electron chi connectivity index (χ2n) is 4.72. The number of rotatable bonds is 7. The standard InChI is InChI=1S/C14H23N3O3/c1-17(2)9-10-5-6-12(19-3)11(7-10)16-14(18)13(8-15)20-4/h5-7,13H,8-9,15H2,1-4H3,(H,16,18). The van der Waals surface area contributed by atoms with E-state index in [2.05, 4.69) is 5.32 Å². The highest BCUT2D eigenvalue weighted by molar-refractivity contribution is 5.95. The molecule has 1 amide bonds. The zero-order valence-electron chi connectivity index (χ0n) is 12.5. The molecule has 3 N–H and O–H groups in total. The minimum absolute atomic E-state index is 0.127. The molecule has 0 saturated carbocycles. The highest BCUT2D eigenvalue weighted by Crippen LogP contribution is 2.26. The summed E-state index contributed by atoms with van der Waals surface area (Å²) in [6.07, 6.45) is -0.669. The molecule has 0 aliphatic rings. The normalized spacial score (nSPS) is 12.3. The van der Waals surface area contributed by atoms with Gasteiger partial charge in [0.1, 0.15) is 11.9 Å². The topological polar surface area (TPSA) is 76.8 Å². The smallest absolute Gasteiger partial charge is 0.254 e. The van der Waals surface area contributed by atoms with Gasteiger partial charge in [-0.3, -0.25) is 4.79 Å². The average molecular weight is 281 g/mol. The molecule has 0 radical (unpaired) electrons. The maximum atomic E-state index is 12.0. The van der Waals surface area contributed by atoms with Gasteiger partial charge in [0.15, 0.2) is 0 Å². The van der Waals surface area contributed by atoms with Crippen LogP contribution in [0.3, 0.4) is 0 Å². The van der Waals surface area contributed by atoms with Crippen molar-refractivity contribution in [1.29, 1.82) is 0 Å². The molecule has 0 fully saturated rings. The van der Waals surface area contributed by atoms with E-state index in [0.717, 1.165) is 12.1 Å². The average Bonchev–Trinajstić information content (AvgIpc) is 2.39. The Hall–Kier alpha value is -1.63. The van der Waals surface area contributed by atoms with E-state index in [-0.39, 0.29) is 12.5 Å². The van der Waals surface area contributed by atoms with Gasteiger partial charge in [-0.05, 0) is 31.8 Å². The molecule has 0 aliphatic carbocycles. The summed E-state index contributed by atoms with van der Waals surface area (Å²) in [6, 6.07) is 5.68. The molecule has 20 heavy (non-hydrogen) atoms. The van der Waals surface area contributed by atoms with Gasteiger partial charge in [0.2, 0.25) is 0 Å². The fourth-order valence-electron chi connectivity index (χ4n) is 1.84. The molecule has 0 spiro atoms. The molecule has 1 atom stereocenters. The molecule has 0 saturated heterocycles. The number of nitrogens with two attached hydrogens (primary N) is 1. The Kier molecular flexibility index (Phi) is 6.44. The molecule has 6 heteroatoms. The predicted octanol–water partition coefficient (Wildman–Crippen LogP) is 0.669. The SMILES string of the molecule is COc1ccc(CN(C)C)cc1NC(=O)C(CN)OC. The highest BCUT2D eigenvalue weighted by Gasteiger charge is 2.17. The van der Waals surface area contributed by atoms with Crippen LogP contribution in [0.15, 0.2) is 18.2 Å². The molecule has 0 heterocycles. The second-order valence-corrected chi connectivity index (χ2v) is 4.72. The molecular formula is C14H23N3O3. The van der Waals surface area contributed by atoms with E-state index < -0.39 is 6.10 Å². The number of hydrogen-bond acceptors (Lipinski definition) is 5. The van der Waals surface area contributed by atoms with Gasteiger partial charge >= 0.3 is 0 Å². The summed E-state index contributed by atoms with van der Waals surface area (Å²) >= 11 is 0. The fraction of sp³-hybridized carbons (Fsp3) is 0.500. The van der Waals surface area contributed by atoms with Crippen molar-refractivity contribution in [3.05, 3.63) is 23.8 Å². The zero-order valence-corrected chi connectivity index (χ0v) is 12.5. The van der Waals surface area contributed by atoms with E-state index >= 15 is 0 Å². The lowest BCUT2D eigenvalue weighted by Gasteiger charge is -2.17. The van der Waals surface area contributed by atoms with Crippen LogP contribution in [0.2, 0.25) is 0 Å². The van der Waals surface area contributed by atoms with Gasteiger partial charge in [-0.2, -0.15) is 0 Å².